The first-order valence-corrected chi connectivity index (χ1v) is 5.14. The van der Waals surface area contributed by atoms with Crippen molar-refractivity contribution in [3.8, 4) is 0 Å². The SMILES string of the molecule is C=C[Si](C)C.[O]=[AlH]. The van der Waals surface area contributed by atoms with Crippen LogP contribution in [0.2, 0.25) is 13.1 Å². The maximum absolute atomic E-state index is 8.28. The second-order valence-electron chi connectivity index (χ2n) is 1.28. The zero-order chi connectivity index (χ0) is 6.28. The fraction of sp³-hybridized carbons (Fsp3) is 0.500. The molecule has 0 unspecified atom stereocenters. The summed E-state index contributed by atoms with van der Waals surface area (Å²) in [5, 5.41) is 0. The Balaban J connectivity index is 0. The molecule has 0 aromatic carbocycles. The summed E-state index contributed by atoms with van der Waals surface area (Å²) in [4.78, 5) is 0. The van der Waals surface area contributed by atoms with Crippen LogP contribution in [0.5, 0.6) is 0 Å². The monoisotopic (exact) mass is 129 g/mol. The Morgan fingerprint density at radius 1 is 1.57 bits per heavy atom. The van der Waals surface area contributed by atoms with Crippen molar-refractivity contribution in [1.82, 2.24) is 0 Å². The van der Waals surface area contributed by atoms with Gasteiger partial charge in [-0.15, -0.1) is 12.3 Å². The van der Waals surface area contributed by atoms with Gasteiger partial charge < -0.3 is 0 Å². The summed E-state index contributed by atoms with van der Waals surface area (Å²) in [5.41, 5.74) is 2.02. The quantitative estimate of drug-likeness (QED) is 0.476. The van der Waals surface area contributed by atoms with Crippen LogP contribution in [-0.2, 0) is 3.80 Å². The van der Waals surface area contributed by atoms with Gasteiger partial charge in [0.2, 0.25) is 0 Å². The van der Waals surface area contributed by atoms with Crippen LogP contribution in [0.4, 0.5) is 0 Å². The van der Waals surface area contributed by atoms with Crippen molar-refractivity contribution in [3.05, 3.63) is 12.3 Å². The molecule has 0 spiro atoms. The van der Waals surface area contributed by atoms with Gasteiger partial charge in [-0.25, -0.2) is 0 Å². The van der Waals surface area contributed by atoms with Crippen LogP contribution < -0.4 is 0 Å². The molecule has 0 aliphatic carbocycles. The first kappa shape index (κ1) is 10.3. The molecule has 3 heteroatoms. The van der Waals surface area contributed by atoms with E-state index in [1.54, 1.807) is 0 Å². The van der Waals surface area contributed by atoms with Crippen LogP contribution in [0, 0.1) is 0 Å². The molecule has 0 aromatic heterocycles. The number of rotatable bonds is 1. The predicted molar refractivity (Wildman–Crippen MR) is 35.5 cm³/mol. The molecule has 0 aromatic rings. The Labute approximate surface area is 54.7 Å². The second-order valence-corrected chi connectivity index (χ2v) is 3.84. The Hall–Kier alpha value is 0.289. The first-order valence-electron chi connectivity index (χ1n) is 1.99. The fourth-order valence-electron chi connectivity index (χ4n) is 0. The Kier molecular flexibility index (Phi) is 14.1. The minimum atomic E-state index is -0.110. The maximum atomic E-state index is 8.28. The predicted octanol–water partition coefficient (Wildman–Crippen LogP) is 0.699. The molecule has 0 bridgehead atoms. The molecule has 0 aliphatic heterocycles. The van der Waals surface area contributed by atoms with Gasteiger partial charge in [0, 0.05) is 0 Å². The first-order chi connectivity index (χ1) is 3.27. The molecule has 0 fully saturated rings. The number of hydrogen-bond acceptors (Lipinski definition) is 1. The minimum absolute atomic E-state index is 0.110. The van der Waals surface area contributed by atoms with Crippen LogP contribution in [0.25, 0.3) is 0 Å². The summed E-state index contributed by atoms with van der Waals surface area (Å²) in [6.07, 6.45) is 0. The average Bonchev–Trinajstić information content (AvgIpc) is 1.73. The molecule has 39 valence electrons. The van der Waals surface area contributed by atoms with Gasteiger partial charge in [-0.1, -0.05) is 13.1 Å². The molecule has 0 heterocycles. The van der Waals surface area contributed by atoms with E-state index >= 15 is 0 Å². The van der Waals surface area contributed by atoms with E-state index < -0.39 is 0 Å². The van der Waals surface area contributed by atoms with Gasteiger partial charge in [0.1, 0.15) is 0 Å². The summed E-state index contributed by atoms with van der Waals surface area (Å²) in [7, 11) is -0.110. The van der Waals surface area contributed by atoms with Gasteiger partial charge in [0.15, 0.2) is 0 Å². The third kappa shape index (κ3) is 22.1. The van der Waals surface area contributed by atoms with Crippen LogP contribution in [0.1, 0.15) is 0 Å². The van der Waals surface area contributed by atoms with Crippen LogP contribution in [-0.4, -0.2) is 25.0 Å². The molecule has 0 rings (SSSR count). The van der Waals surface area contributed by atoms with E-state index in [2.05, 4.69) is 19.7 Å². The third-order valence-corrected chi connectivity index (χ3v) is 1.22. The Morgan fingerprint density at radius 3 is 1.71 bits per heavy atom. The Bertz CT molecular complexity index is 47.0. The topological polar surface area (TPSA) is 17.1 Å². The van der Waals surface area contributed by atoms with Crippen LogP contribution >= 0.6 is 0 Å². The molecule has 0 saturated heterocycles. The zero-order valence-corrected chi connectivity index (χ0v) is 7.31. The molecule has 1 nitrogen and oxygen atoms in total. The Morgan fingerprint density at radius 2 is 1.71 bits per heavy atom. The van der Waals surface area contributed by atoms with E-state index in [4.69, 9.17) is 3.80 Å². The summed E-state index contributed by atoms with van der Waals surface area (Å²) in [5.74, 6) is 0. The van der Waals surface area contributed by atoms with Gasteiger partial charge in [0.05, 0.1) is 8.80 Å². The molecule has 1 radical (unpaired) electrons. The molecule has 0 atom stereocenters. The van der Waals surface area contributed by atoms with E-state index in [9.17, 15) is 0 Å². The van der Waals surface area contributed by atoms with E-state index in [0.717, 1.165) is 0 Å². The summed E-state index contributed by atoms with van der Waals surface area (Å²) < 4.78 is 8.28. The van der Waals surface area contributed by atoms with Gasteiger partial charge in [0.25, 0.3) is 0 Å². The number of hydrogen-bond donors (Lipinski definition) is 0. The van der Waals surface area contributed by atoms with Gasteiger partial charge in [-0.05, 0) is 0 Å². The summed E-state index contributed by atoms with van der Waals surface area (Å²) in [6.45, 7) is 8.02. The van der Waals surface area contributed by atoms with Crippen LogP contribution in [0.15, 0.2) is 12.3 Å². The van der Waals surface area contributed by atoms with E-state index in [1.807, 2.05) is 5.70 Å². The van der Waals surface area contributed by atoms with Gasteiger partial charge in [-0.3, -0.25) is 0 Å². The molecule has 0 aliphatic rings. The molecule has 7 heavy (non-hydrogen) atoms. The van der Waals surface area contributed by atoms with Gasteiger partial charge in [-0.2, -0.15) is 0 Å². The molecule has 0 saturated carbocycles. The van der Waals surface area contributed by atoms with Crippen molar-refractivity contribution in [3.63, 3.8) is 0 Å². The van der Waals surface area contributed by atoms with Crippen molar-refractivity contribution < 1.29 is 3.80 Å². The second kappa shape index (κ2) is 9.56. The van der Waals surface area contributed by atoms with Gasteiger partial charge >= 0.3 is 20.0 Å². The standard InChI is InChI=1S/C4H9Si.Al.O.H/c1-4-5(2)3;;;/h4H,1H2,2-3H3;;;. The van der Waals surface area contributed by atoms with Crippen LogP contribution in [0.3, 0.4) is 0 Å². The zero-order valence-electron chi connectivity index (χ0n) is 4.90. The van der Waals surface area contributed by atoms with Crippen molar-refractivity contribution in [2.24, 2.45) is 0 Å². The molecular weight excluding hydrogens is 119 g/mol. The molecule has 0 amide bonds. The van der Waals surface area contributed by atoms with Crippen molar-refractivity contribution in [2.75, 3.05) is 0 Å². The van der Waals surface area contributed by atoms with E-state index in [1.165, 1.54) is 0 Å². The van der Waals surface area contributed by atoms with Crippen molar-refractivity contribution >= 4 is 25.0 Å². The third-order valence-electron chi connectivity index (χ3n) is 0.408. The van der Waals surface area contributed by atoms with E-state index in [-0.39, 0.29) is 8.80 Å². The van der Waals surface area contributed by atoms with E-state index in [0.29, 0.717) is 16.2 Å². The summed E-state index contributed by atoms with van der Waals surface area (Å²) in [6, 6.07) is 0. The summed E-state index contributed by atoms with van der Waals surface area (Å²) >= 11 is 0.611. The average molecular weight is 129 g/mol. The normalized spacial score (nSPS) is 6.57. The van der Waals surface area contributed by atoms with Crippen molar-refractivity contribution in [1.29, 1.82) is 0 Å². The fourth-order valence-corrected chi connectivity index (χ4v) is 0. The molecular formula is C4H10AlOSi. The molecule has 0 N–H and O–H groups in total. The van der Waals surface area contributed by atoms with Crippen molar-refractivity contribution in [2.45, 2.75) is 13.1 Å².